The molecular formula is C20H20N2O3. The summed E-state index contributed by atoms with van der Waals surface area (Å²) in [6, 6.07) is 13.0. The number of urea groups is 1. The lowest BCUT2D eigenvalue weighted by Gasteiger charge is -2.28. The van der Waals surface area contributed by atoms with Crippen LogP contribution in [0.25, 0.3) is 10.8 Å². The van der Waals surface area contributed by atoms with Gasteiger partial charge in [-0.05, 0) is 29.2 Å². The van der Waals surface area contributed by atoms with E-state index in [-0.39, 0.29) is 12.6 Å². The van der Waals surface area contributed by atoms with Gasteiger partial charge in [-0.25, -0.2) is 4.79 Å². The molecule has 2 fully saturated rings. The molecule has 0 radical (unpaired) electrons. The Bertz CT molecular complexity index is 850. The molecule has 5 nitrogen and oxygen atoms in total. The van der Waals surface area contributed by atoms with Crippen LogP contribution in [0.15, 0.2) is 42.5 Å². The Morgan fingerprint density at radius 3 is 2.36 bits per heavy atom. The van der Waals surface area contributed by atoms with E-state index >= 15 is 0 Å². The molecule has 25 heavy (non-hydrogen) atoms. The molecule has 2 aliphatic rings. The number of benzene rings is 2. The molecule has 0 N–H and O–H groups in total. The van der Waals surface area contributed by atoms with Gasteiger partial charge < -0.3 is 0 Å². The first-order valence-electron chi connectivity index (χ1n) is 8.82. The van der Waals surface area contributed by atoms with Crippen molar-refractivity contribution in [2.45, 2.75) is 44.7 Å². The normalized spacial score (nSPS) is 19.3. The number of hydrogen-bond donors (Lipinski definition) is 0. The van der Waals surface area contributed by atoms with E-state index in [2.05, 4.69) is 0 Å². The average Bonchev–Trinajstić information content (AvgIpc) is 2.86. The number of amides is 4. The Hall–Kier alpha value is -2.69. The molecule has 0 unspecified atom stereocenters. The van der Waals surface area contributed by atoms with Gasteiger partial charge in [0.15, 0.2) is 0 Å². The first-order valence-corrected chi connectivity index (χ1v) is 8.82. The largest absolute Gasteiger partial charge is 0.334 e. The molecule has 4 amide bonds. The Kier molecular flexibility index (Phi) is 3.99. The highest BCUT2D eigenvalue weighted by atomic mass is 16.2. The molecule has 2 aromatic rings. The van der Waals surface area contributed by atoms with Crippen LogP contribution in [0, 0.1) is 0 Å². The van der Waals surface area contributed by atoms with Gasteiger partial charge >= 0.3 is 17.8 Å². The number of fused-ring (bicyclic) bond motifs is 1. The van der Waals surface area contributed by atoms with Gasteiger partial charge in [-0.15, -0.1) is 0 Å². The topological polar surface area (TPSA) is 57.7 Å². The standard InChI is InChI=1S/C20H20N2O3/c23-18-19(24)22(16-10-2-1-3-11-16)20(25)21(18)13-15-9-6-8-14-7-4-5-12-17(14)15/h4-9,12,16H,1-3,10-11,13H2. The van der Waals surface area contributed by atoms with Crippen molar-refractivity contribution in [3.8, 4) is 0 Å². The van der Waals surface area contributed by atoms with Crippen LogP contribution in [0.4, 0.5) is 4.79 Å². The van der Waals surface area contributed by atoms with Gasteiger partial charge in [0.2, 0.25) is 0 Å². The quantitative estimate of drug-likeness (QED) is 0.637. The molecule has 0 atom stereocenters. The van der Waals surface area contributed by atoms with Gasteiger partial charge in [0.05, 0.1) is 6.54 Å². The Morgan fingerprint density at radius 2 is 1.56 bits per heavy atom. The molecule has 0 spiro atoms. The molecule has 1 aliphatic carbocycles. The molecule has 1 heterocycles. The maximum absolute atomic E-state index is 12.8. The molecule has 0 bridgehead atoms. The van der Waals surface area contributed by atoms with Crippen molar-refractivity contribution in [1.29, 1.82) is 0 Å². The first-order chi connectivity index (χ1) is 12.2. The fourth-order valence-electron chi connectivity index (χ4n) is 3.92. The van der Waals surface area contributed by atoms with Gasteiger partial charge in [-0.1, -0.05) is 61.7 Å². The lowest BCUT2D eigenvalue weighted by molar-refractivity contribution is -0.144. The lowest BCUT2D eigenvalue weighted by atomic mass is 9.94. The Morgan fingerprint density at radius 1 is 0.840 bits per heavy atom. The monoisotopic (exact) mass is 336 g/mol. The van der Waals surface area contributed by atoms with E-state index in [1.807, 2.05) is 42.5 Å². The van der Waals surface area contributed by atoms with Gasteiger partial charge in [-0.2, -0.15) is 0 Å². The van der Waals surface area contributed by atoms with Crippen LogP contribution in [-0.4, -0.2) is 33.7 Å². The lowest BCUT2D eigenvalue weighted by Crippen LogP contribution is -2.42. The summed E-state index contributed by atoms with van der Waals surface area (Å²) in [5.74, 6) is -1.37. The fraction of sp³-hybridized carbons (Fsp3) is 0.350. The van der Waals surface area contributed by atoms with Crippen molar-refractivity contribution in [2.75, 3.05) is 0 Å². The van der Waals surface area contributed by atoms with Crippen molar-refractivity contribution in [3.05, 3.63) is 48.0 Å². The molecule has 4 rings (SSSR count). The first kappa shape index (κ1) is 15.8. The summed E-state index contributed by atoms with van der Waals surface area (Å²) in [4.78, 5) is 39.9. The van der Waals surface area contributed by atoms with Crippen molar-refractivity contribution in [1.82, 2.24) is 9.80 Å². The molecule has 1 saturated heterocycles. The van der Waals surface area contributed by atoms with Crippen LogP contribution >= 0.6 is 0 Å². The van der Waals surface area contributed by atoms with Crippen LogP contribution in [0.5, 0.6) is 0 Å². The summed E-state index contributed by atoms with van der Waals surface area (Å²) in [6.07, 6.45) is 4.72. The molecule has 1 aliphatic heterocycles. The predicted octanol–water partition coefficient (Wildman–Crippen LogP) is 3.46. The van der Waals surface area contributed by atoms with Gasteiger partial charge in [0, 0.05) is 6.04 Å². The van der Waals surface area contributed by atoms with Crippen LogP contribution in [0.2, 0.25) is 0 Å². The molecule has 0 aromatic heterocycles. The van der Waals surface area contributed by atoms with E-state index in [1.54, 1.807) is 0 Å². The zero-order valence-electron chi connectivity index (χ0n) is 14.0. The predicted molar refractivity (Wildman–Crippen MR) is 93.6 cm³/mol. The van der Waals surface area contributed by atoms with E-state index in [0.29, 0.717) is 0 Å². The number of nitrogens with zero attached hydrogens (tertiary/aromatic N) is 2. The third kappa shape index (κ3) is 2.69. The average molecular weight is 336 g/mol. The molecule has 5 heteroatoms. The molecule has 128 valence electrons. The van der Waals surface area contributed by atoms with Crippen LogP contribution in [-0.2, 0) is 16.1 Å². The van der Waals surface area contributed by atoms with E-state index in [9.17, 15) is 14.4 Å². The van der Waals surface area contributed by atoms with Crippen LogP contribution in [0.1, 0.15) is 37.7 Å². The third-order valence-electron chi connectivity index (χ3n) is 5.23. The van der Waals surface area contributed by atoms with Gasteiger partial charge in [0.25, 0.3) is 0 Å². The highest BCUT2D eigenvalue weighted by Crippen LogP contribution is 2.28. The zero-order valence-corrected chi connectivity index (χ0v) is 14.0. The van der Waals surface area contributed by atoms with Crippen molar-refractivity contribution >= 4 is 28.6 Å². The summed E-state index contributed by atoms with van der Waals surface area (Å²) in [5, 5.41) is 2.05. The summed E-state index contributed by atoms with van der Waals surface area (Å²) >= 11 is 0. The maximum atomic E-state index is 12.8. The molecule has 2 aromatic carbocycles. The number of carbonyl (C=O) groups is 3. The number of rotatable bonds is 3. The third-order valence-corrected chi connectivity index (χ3v) is 5.23. The molecule has 1 saturated carbocycles. The number of imide groups is 2. The van der Waals surface area contributed by atoms with Crippen LogP contribution < -0.4 is 0 Å². The minimum absolute atomic E-state index is 0.129. The van der Waals surface area contributed by atoms with E-state index < -0.39 is 17.8 Å². The van der Waals surface area contributed by atoms with Gasteiger partial charge in [0.1, 0.15) is 0 Å². The second kappa shape index (κ2) is 6.31. The van der Waals surface area contributed by atoms with E-state index in [0.717, 1.165) is 53.3 Å². The van der Waals surface area contributed by atoms with E-state index in [1.165, 1.54) is 4.90 Å². The summed E-state index contributed by atoms with van der Waals surface area (Å²) < 4.78 is 0. The summed E-state index contributed by atoms with van der Waals surface area (Å²) in [7, 11) is 0. The fourth-order valence-corrected chi connectivity index (χ4v) is 3.92. The minimum atomic E-state index is -0.705. The van der Waals surface area contributed by atoms with Crippen LogP contribution in [0.3, 0.4) is 0 Å². The van der Waals surface area contributed by atoms with Crippen molar-refractivity contribution < 1.29 is 14.4 Å². The maximum Gasteiger partial charge on any atom is 0.334 e. The zero-order chi connectivity index (χ0) is 17.4. The summed E-state index contributed by atoms with van der Waals surface area (Å²) in [5.41, 5.74) is 0.873. The smallest absolute Gasteiger partial charge is 0.263 e. The van der Waals surface area contributed by atoms with Crippen molar-refractivity contribution in [2.24, 2.45) is 0 Å². The number of carbonyl (C=O) groups excluding carboxylic acids is 3. The van der Waals surface area contributed by atoms with E-state index in [4.69, 9.17) is 0 Å². The highest BCUT2D eigenvalue weighted by molar-refractivity contribution is 6.44. The van der Waals surface area contributed by atoms with Crippen molar-refractivity contribution in [3.63, 3.8) is 0 Å². The number of hydrogen-bond acceptors (Lipinski definition) is 3. The summed E-state index contributed by atoms with van der Waals surface area (Å²) in [6.45, 7) is 0.133. The minimum Gasteiger partial charge on any atom is -0.263 e. The second-order valence-electron chi connectivity index (χ2n) is 6.78. The SMILES string of the molecule is O=C1C(=O)N(C2CCCCC2)C(=O)N1Cc1cccc2ccccc12. The Labute approximate surface area is 146 Å². The highest BCUT2D eigenvalue weighted by Gasteiger charge is 2.47. The Balaban J connectivity index is 1.63. The van der Waals surface area contributed by atoms with Gasteiger partial charge in [-0.3, -0.25) is 19.4 Å². The molecular weight excluding hydrogens is 316 g/mol. The second-order valence-corrected chi connectivity index (χ2v) is 6.78.